The minimum Gasteiger partial charge on any atom is -0.490 e. The fourth-order valence-corrected chi connectivity index (χ4v) is 2.81. The first-order valence-electron chi connectivity index (χ1n) is 8.56. The third-order valence-electron chi connectivity index (χ3n) is 4.23. The van der Waals surface area contributed by atoms with Gasteiger partial charge in [0.2, 0.25) is 0 Å². The molecule has 0 amide bonds. The van der Waals surface area contributed by atoms with E-state index in [0.29, 0.717) is 6.61 Å². The third-order valence-corrected chi connectivity index (χ3v) is 4.23. The molecular weight excluding hydrogens is 310 g/mol. The molecule has 0 radical (unpaired) electrons. The molecule has 2 aromatic carbocycles. The highest BCUT2D eigenvalue weighted by Crippen LogP contribution is 2.24. The van der Waals surface area contributed by atoms with Gasteiger partial charge in [-0.1, -0.05) is 41.6 Å². The van der Waals surface area contributed by atoms with Crippen molar-refractivity contribution in [3.05, 3.63) is 76.4 Å². The van der Waals surface area contributed by atoms with Gasteiger partial charge in [0.25, 0.3) is 0 Å². The standard InChI is InChI=1S/C22H27NO2/c1-6-7-12-25-21-13-16(2)22(17(3)14-21)15-19-8-10-20(11-9-19)18(4)23-24-5/h6-11,13-14H,12,15H2,1-5H3/b7-6+,23-18+. The predicted molar refractivity (Wildman–Crippen MR) is 105 cm³/mol. The van der Waals surface area contributed by atoms with Crippen LogP contribution in [0.25, 0.3) is 0 Å². The average Bonchev–Trinajstić information content (AvgIpc) is 2.59. The van der Waals surface area contributed by atoms with Crippen molar-refractivity contribution in [2.45, 2.75) is 34.1 Å². The van der Waals surface area contributed by atoms with E-state index in [1.54, 1.807) is 7.11 Å². The molecule has 0 unspecified atom stereocenters. The maximum absolute atomic E-state index is 5.77. The molecule has 0 spiro atoms. The van der Waals surface area contributed by atoms with Gasteiger partial charge in [0.05, 0.1) is 5.71 Å². The zero-order chi connectivity index (χ0) is 18.2. The van der Waals surface area contributed by atoms with Crippen LogP contribution in [0.4, 0.5) is 0 Å². The van der Waals surface area contributed by atoms with Crippen LogP contribution >= 0.6 is 0 Å². The highest BCUT2D eigenvalue weighted by Gasteiger charge is 2.08. The van der Waals surface area contributed by atoms with E-state index in [-0.39, 0.29) is 0 Å². The Kier molecular flexibility index (Phi) is 6.81. The summed E-state index contributed by atoms with van der Waals surface area (Å²) in [6, 6.07) is 12.7. The zero-order valence-electron chi connectivity index (χ0n) is 15.8. The van der Waals surface area contributed by atoms with Gasteiger partial charge in [0.15, 0.2) is 0 Å². The molecule has 3 heteroatoms. The molecule has 0 bridgehead atoms. The SMILES string of the molecule is C/C=C/COc1cc(C)c(Cc2ccc(/C(C)=N/OC)cc2)c(C)c1. The largest absolute Gasteiger partial charge is 0.490 e. The van der Waals surface area contributed by atoms with Gasteiger partial charge in [0.1, 0.15) is 19.5 Å². The second-order valence-corrected chi connectivity index (χ2v) is 6.15. The maximum Gasteiger partial charge on any atom is 0.120 e. The van der Waals surface area contributed by atoms with Crippen LogP contribution in [0.1, 0.15) is 41.7 Å². The maximum atomic E-state index is 5.77. The topological polar surface area (TPSA) is 30.8 Å². The van der Waals surface area contributed by atoms with Crippen LogP contribution < -0.4 is 4.74 Å². The lowest BCUT2D eigenvalue weighted by Crippen LogP contribution is -2.00. The molecule has 0 saturated heterocycles. The van der Waals surface area contributed by atoms with Crippen molar-refractivity contribution in [2.24, 2.45) is 5.16 Å². The number of allylic oxidation sites excluding steroid dienone is 1. The van der Waals surface area contributed by atoms with Crippen molar-refractivity contribution in [2.75, 3.05) is 13.7 Å². The van der Waals surface area contributed by atoms with E-state index in [0.717, 1.165) is 23.4 Å². The molecule has 132 valence electrons. The smallest absolute Gasteiger partial charge is 0.120 e. The van der Waals surface area contributed by atoms with Crippen molar-refractivity contribution in [3.63, 3.8) is 0 Å². The molecule has 0 saturated carbocycles. The molecule has 0 aliphatic carbocycles. The molecule has 0 aromatic heterocycles. The van der Waals surface area contributed by atoms with Crippen molar-refractivity contribution in [1.29, 1.82) is 0 Å². The Morgan fingerprint density at radius 2 is 1.72 bits per heavy atom. The van der Waals surface area contributed by atoms with E-state index in [1.165, 1.54) is 22.3 Å². The van der Waals surface area contributed by atoms with Crippen LogP contribution in [0.2, 0.25) is 0 Å². The number of ether oxygens (including phenoxy) is 1. The van der Waals surface area contributed by atoms with E-state index < -0.39 is 0 Å². The number of hydrogen-bond acceptors (Lipinski definition) is 3. The summed E-state index contributed by atoms with van der Waals surface area (Å²) in [4.78, 5) is 4.83. The van der Waals surface area contributed by atoms with Crippen LogP contribution in [0.5, 0.6) is 5.75 Å². The Hall–Kier alpha value is -2.55. The number of nitrogens with zero attached hydrogens (tertiary/aromatic N) is 1. The molecule has 2 aromatic rings. The Morgan fingerprint density at radius 1 is 1.08 bits per heavy atom. The lowest BCUT2D eigenvalue weighted by atomic mass is 9.95. The van der Waals surface area contributed by atoms with Crippen molar-refractivity contribution < 1.29 is 9.57 Å². The van der Waals surface area contributed by atoms with Crippen molar-refractivity contribution in [3.8, 4) is 5.75 Å². The zero-order valence-corrected chi connectivity index (χ0v) is 15.8. The van der Waals surface area contributed by atoms with Gasteiger partial charge < -0.3 is 9.57 Å². The second kappa shape index (κ2) is 9.07. The molecule has 0 atom stereocenters. The summed E-state index contributed by atoms with van der Waals surface area (Å²) in [6.45, 7) is 8.85. The van der Waals surface area contributed by atoms with Crippen LogP contribution in [0, 0.1) is 13.8 Å². The Morgan fingerprint density at radius 3 is 2.28 bits per heavy atom. The molecule has 0 N–H and O–H groups in total. The quantitative estimate of drug-likeness (QED) is 0.394. The Labute approximate surface area is 151 Å². The van der Waals surface area contributed by atoms with E-state index in [4.69, 9.17) is 9.57 Å². The summed E-state index contributed by atoms with van der Waals surface area (Å²) in [5, 5.41) is 3.97. The van der Waals surface area contributed by atoms with E-state index >= 15 is 0 Å². The molecule has 0 heterocycles. The first-order chi connectivity index (χ1) is 12.0. The number of hydrogen-bond donors (Lipinski definition) is 0. The number of rotatable bonds is 7. The van der Waals surface area contributed by atoms with Crippen LogP contribution in [0.15, 0.2) is 53.7 Å². The fraction of sp³-hybridized carbons (Fsp3) is 0.318. The van der Waals surface area contributed by atoms with Crippen LogP contribution in [0.3, 0.4) is 0 Å². The molecule has 0 fully saturated rings. The average molecular weight is 337 g/mol. The number of oxime groups is 1. The number of aryl methyl sites for hydroxylation is 2. The summed E-state index contributed by atoms with van der Waals surface area (Å²) in [5.41, 5.74) is 7.11. The monoisotopic (exact) mass is 337 g/mol. The summed E-state index contributed by atoms with van der Waals surface area (Å²) in [6.07, 6.45) is 4.92. The molecular formula is C22H27NO2. The first kappa shape index (κ1) is 18.8. The summed E-state index contributed by atoms with van der Waals surface area (Å²) in [5.74, 6) is 0.929. The Bertz CT molecular complexity index is 735. The van der Waals surface area contributed by atoms with Gasteiger partial charge in [0, 0.05) is 0 Å². The lowest BCUT2D eigenvalue weighted by molar-refractivity contribution is 0.213. The molecule has 3 nitrogen and oxygen atoms in total. The van der Waals surface area contributed by atoms with Gasteiger partial charge in [-0.25, -0.2) is 0 Å². The first-order valence-corrected chi connectivity index (χ1v) is 8.56. The minimum absolute atomic E-state index is 0.610. The number of benzene rings is 2. The summed E-state index contributed by atoms with van der Waals surface area (Å²) in [7, 11) is 1.56. The normalized spacial score (nSPS) is 11.8. The van der Waals surface area contributed by atoms with E-state index in [1.807, 2.05) is 26.0 Å². The van der Waals surface area contributed by atoms with Gasteiger partial charge in [-0.15, -0.1) is 0 Å². The second-order valence-electron chi connectivity index (χ2n) is 6.15. The van der Waals surface area contributed by atoms with Gasteiger partial charge in [-0.05, 0) is 74.1 Å². The van der Waals surface area contributed by atoms with Gasteiger partial charge >= 0.3 is 0 Å². The van der Waals surface area contributed by atoms with Crippen LogP contribution in [-0.2, 0) is 11.3 Å². The van der Waals surface area contributed by atoms with Gasteiger partial charge in [-0.2, -0.15) is 0 Å². The summed E-state index contributed by atoms with van der Waals surface area (Å²) < 4.78 is 5.77. The highest BCUT2D eigenvalue weighted by molar-refractivity contribution is 5.98. The summed E-state index contributed by atoms with van der Waals surface area (Å²) >= 11 is 0. The van der Waals surface area contributed by atoms with E-state index in [9.17, 15) is 0 Å². The van der Waals surface area contributed by atoms with Crippen LogP contribution in [-0.4, -0.2) is 19.4 Å². The molecule has 0 aliphatic heterocycles. The minimum atomic E-state index is 0.610. The molecule has 25 heavy (non-hydrogen) atoms. The molecule has 0 aliphatic rings. The Balaban J connectivity index is 2.15. The van der Waals surface area contributed by atoms with Gasteiger partial charge in [-0.3, -0.25) is 0 Å². The lowest BCUT2D eigenvalue weighted by Gasteiger charge is -2.13. The molecule has 2 rings (SSSR count). The van der Waals surface area contributed by atoms with Crippen molar-refractivity contribution >= 4 is 5.71 Å². The van der Waals surface area contributed by atoms with E-state index in [2.05, 4.69) is 55.4 Å². The predicted octanol–water partition coefficient (Wildman–Crippen LogP) is 5.22. The van der Waals surface area contributed by atoms with Crippen molar-refractivity contribution in [1.82, 2.24) is 0 Å². The fourth-order valence-electron chi connectivity index (χ4n) is 2.81. The highest BCUT2D eigenvalue weighted by atomic mass is 16.6. The third kappa shape index (κ3) is 5.21.